The maximum absolute atomic E-state index is 12.1. The highest BCUT2D eigenvalue weighted by molar-refractivity contribution is 5.69. The van der Waals surface area contributed by atoms with Crippen molar-refractivity contribution in [3.63, 3.8) is 0 Å². The number of hydrogen-bond donors (Lipinski definition) is 0. The van der Waals surface area contributed by atoms with Gasteiger partial charge in [-0.25, -0.2) is 0 Å². The predicted octanol–water partition coefficient (Wildman–Crippen LogP) is 4.88. The summed E-state index contributed by atoms with van der Waals surface area (Å²) >= 11 is 0. The average Bonchev–Trinajstić information content (AvgIpc) is 2.77. The summed E-state index contributed by atoms with van der Waals surface area (Å²) in [5.41, 5.74) is 1.42. The standard InChI is InChI=1S/C26H40N2O2/c1-2-3-18-30-25(29)15-7-14-24-23-13-9-17-27-16-8-12-22(26(23)27)20-28(24)19-21-10-5-4-6-11-21/h4-6,10-11,22-24,26H,2-3,7-9,12-20H2,1H3/t22-,23+,24?,26-/m0/s1. The van der Waals surface area contributed by atoms with E-state index in [-0.39, 0.29) is 5.97 Å². The first-order valence-corrected chi connectivity index (χ1v) is 12.4. The second kappa shape index (κ2) is 10.8. The smallest absolute Gasteiger partial charge is 0.305 e. The first kappa shape index (κ1) is 21.8. The number of rotatable bonds is 9. The molecule has 0 amide bonds. The van der Waals surface area contributed by atoms with E-state index in [1.165, 1.54) is 50.9 Å². The largest absolute Gasteiger partial charge is 0.466 e. The number of esters is 1. The number of piperidine rings is 3. The van der Waals surface area contributed by atoms with Crippen LogP contribution in [0.3, 0.4) is 0 Å². The summed E-state index contributed by atoms with van der Waals surface area (Å²) in [6.45, 7) is 7.58. The van der Waals surface area contributed by atoms with Gasteiger partial charge in [0.05, 0.1) is 6.61 Å². The van der Waals surface area contributed by atoms with Crippen molar-refractivity contribution < 1.29 is 9.53 Å². The lowest BCUT2D eigenvalue weighted by molar-refractivity contribution is -0.144. The number of unbranched alkanes of at least 4 members (excludes halogenated alkanes) is 1. The quantitative estimate of drug-likeness (QED) is 0.428. The topological polar surface area (TPSA) is 32.8 Å². The van der Waals surface area contributed by atoms with Crippen LogP contribution in [-0.4, -0.2) is 54.1 Å². The lowest BCUT2D eigenvalue weighted by Crippen LogP contribution is -2.64. The second-order valence-corrected chi connectivity index (χ2v) is 9.68. The minimum absolute atomic E-state index is 0.00492. The van der Waals surface area contributed by atoms with E-state index in [4.69, 9.17) is 4.74 Å². The van der Waals surface area contributed by atoms with Crippen molar-refractivity contribution in [1.82, 2.24) is 9.80 Å². The van der Waals surface area contributed by atoms with Gasteiger partial charge in [0, 0.05) is 31.6 Å². The van der Waals surface area contributed by atoms with E-state index in [0.29, 0.717) is 19.1 Å². The number of likely N-dealkylation sites (tertiary alicyclic amines) is 1. The third-order valence-electron chi connectivity index (χ3n) is 7.65. The van der Waals surface area contributed by atoms with Gasteiger partial charge in [0.25, 0.3) is 0 Å². The Morgan fingerprint density at radius 3 is 2.70 bits per heavy atom. The molecule has 0 bridgehead atoms. The molecule has 0 radical (unpaired) electrons. The fourth-order valence-electron chi connectivity index (χ4n) is 6.34. The van der Waals surface area contributed by atoms with Crippen LogP contribution >= 0.6 is 0 Å². The average molecular weight is 413 g/mol. The second-order valence-electron chi connectivity index (χ2n) is 9.68. The van der Waals surface area contributed by atoms with Crippen LogP contribution in [0.2, 0.25) is 0 Å². The van der Waals surface area contributed by atoms with E-state index in [2.05, 4.69) is 47.1 Å². The van der Waals surface area contributed by atoms with Gasteiger partial charge in [-0.05, 0) is 75.4 Å². The summed E-state index contributed by atoms with van der Waals surface area (Å²) < 4.78 is 5.40. The molecule has 0 aromatic heterocycles. The highest BCUT2D eigenvalue weighted by atomic mass is 16.5. The number of hydrogen-bond acceptors (Lipinski definition) is 4. The molecule has 30 heavy (non-hydrogen) atoms. The summed E-state index contributed by atoms with van der Waals surface area (Å²) in [7, 11) is 0. The van der Waals surface area contributed by atoms with Crippen LogP contribution in [0.5, 0.6) is 0 Å². The van der Waals surface area contributed by atoms with E-state index in [1.807, 2.05) is 0 Å². The molecule has 3 aliphatic rings. The molecule has 3 fully saturated rings. The van der Waals surface area contributed by atoms with E-state index in [1.54, 1.807) is 0 Å². The molecule has 1 aromatic rings. The molecule has 1 unspecified atom stereocenters. The molecule has 4 atom stereocenters. The van der Waals surface area contributed by atoms with Gasteiger partial charge in [0.1, 0.15) is 0 Å². The van der Waals surface area contributed by atoms with Gasteiger partial charge in [-0.15, -0.1) is 0 Å². The fraction of sp³-hybridized carbons (Fsp3) is 0.731. The van der Waals surface area contributed by atoms with Crippen molar-refractivity contribution in [3.05, 3.63) is 35.9 Å². The molecule has 0 aliphatic carbocycles. The Bertz CT molecular complexity index is 662. The number of carbonyl (C=O) groups is 1. The molecular formula is C26H40N2O2. The minimum Gasteiger partial charge on any atom is -0.466 e. The summed E-state index contributed by atoms with van der Waals surface area (Å²) in [5.74, 6) is 1.58. The van der Waals surface area contributed by atoms with Crippen LogP contribution in [0.15, 0.2) is 30.3 Å². The molecular weight excluding hydrogens is 372 g/mol. The molecule has 3 aliphatic heterocycles. The van der Waals surface area contributed by atoms with Gasteiger partial charge >= 0.3 is 5.97 Å². The predicted molar refractivity (Wildman–Crippen MR) is 121 cm³/mol. The molecule has 4 nitrogen and oxygen atoms in total. The molecule has 3 saturated heterocycles. The Balaban J connectivity index is 1.42. The highest BCUT2D eigenvalue weighted by Crippen LogP contribution is 2.43. The van der Waals surface area contributed by atoms with Gasteiger partial charge in [0.2, 0.25) is 0 Å². The van der Waals surface area contributed by atoms with Crippen molar-refractivity contribution >= 4 is 5.97 Å². The van der Waals surface area contributed by atoms with Crippen molar-refractivity contribution in [2.45, 2.75) is 83.3 Å². The fourth-order valence-corrected chi connectivity index (χ4v) is 6.34. The van der Waals surface area contributed by atoms with Crippen molar-refractivity contribution in [1.29, 1.82) is 0 Å². The third kappa shape index (κ3) is 5.26. The van der Waals surface area contributed by atoms with Gasteiger partial charge in [-0.3, -0.25) is 14.6 Å². The Hall–Kier alpha value is -1.39. The Kier molecular flexibility index (Phi) is 7.83. The van der Waals surface area contributed by atoms with Gasteiger partial charge < -0.3 is 4.74 Å². The zero-order valence-electron chi connectivity index (χ0n) is 18.8. The van der Waals surface area contributed by atoms with Crippen molar-refractivity contribution in [2.75, 3.05) is 26.2 Å². The van der Waals surface area contributed by atoms with Gasteiger partial charge in [0.15, 0.2) is 0 Å². The van der Waals surface area contributed by atoms with Crippen LogP contribution < -0.4 is 0 Å². The molecule has 166 valence electrons. The van der Waals surface area contributed by atoms with E-state index < -0.39 is 0 Å². The van der Waals surface area contributed by atoms with E-state index in [0.717, 1.165) is 50.1 Å². The molecule has 3 heterocycles. The van der Waals surface area contributed by atoms with Crippen molar-refractivity contribution in [2.24, 2.45) is 11.8 Å². The molecule has 4 heteroatoms. The van der Waals surface area contributed by atoms with Gasteiger partial charge in [-0.2, -0.15) is 0 Å². The Morgan fingerprint density at radius 2 is 1.90 bits per heavy atom. The summed E-state index contributed by atoms with van der Waals surface area (Å²) in [4.78, 5) is 17.7. The SMILES string of the molecule is CCCCOC(=O)CCCC1[C@H]2CCCN3CCC[C@@H](CN1Cc1ccccc1)[C@@H]23. The number of nitrogens with zero attached hydrogens (tertiary/aromatic N) is 2. The van der Waals surface area contributed by atoms with Crippen LogP contribution in [0.4, 0.5) is 0 Å². The van der Waals surface area contributed by atoms with Crippen LogP contribution in [-0.2, 0) is 16.1 Å². The first-order valence-electron chi connectivity index (χ1n) is 12.4. The molecule has 0 saturated carbocycles. The van der Waals surface area contributed by atoms with Crippen LogP contribution in [0.1, 0.15) is 70.3 Å². The highest BCUT2D eigenvalue weighted by Gasteiger charge is 2.48. The Morgan fingerprint density at radius 1 is 1.10 bits per heavy atom. The summed E-state index contributed by atoms with van der Waals surface area (Å²) in [6, 6.07) is 12.3. The third-order valence-corrected chi connectivity index (χ3v) is 7.65. The molecule has 0 N–H and O–H groups in total. The zero-order chi connectivity index (χ0) is 20.8. The van der Waals surface area contributed by atoms with E-state index in [9.17, 15) is 4.79 Å². The lowest BCUT2D eigenvalue weighted by Gasteiger charge is -2.57. The van der Waals surface area contributed by atoms with Crippen LogP contribution in [0, 0.1) is 11.8 Å². The summed E-state index contributed by atoms with van der Waals surface area (Å²) in [6.07, 6.45) is 10.1. The molecule has 0 spiro atoms. The van der Waals surface area contributed by atoms with E-state index >= 15 is 0 Å². The molecule has 1 aromatic carbocycles. The molecule has 4 rings (SSSR count). The zero-order valence-corrected chi connectivity index (χ0v) is 18.8. The van der Waals surface area contributed by atoms with Crippen molar-refractivity contribution in [3.8, 4) is 0 Å². The number of carbonyl (C=O) groups excluding carboxylic acids is 1. The van der Waals surface area contributed by atoms with Crippen LogP contribution in [0.25, 0.3) is 0 Å². The van der Waals surface area contributed by atoms with Gasteiger partial charge in [-0.1, -0.05) is 43.7 Å². The number of ether oxygens (including phenoxy) is 1. The monoisotopic (exact) mass is 412 g/mol. The number of benzene rings is 1. The summed E-state index contributed by atoms with van der Waals surface area (Å²) in [5, 5.41) is 0. The minimum atomic E-state index is -0.00492. The lowest BCUT2D eigenvalue weighted by atomic mass is 9.69. The Labute approximate surface area is 183 Å². The maximum atomic E-state index is 12.1. The first-order chi connectivity index (χ1) is 14.8. The maximum Gasteiger partial charge on any atom is 0.305 e. The normalized spacial score (nSPS) is 29.4.